The predicted octanol–water partition coefficient (Wildman–Crippen LogP) is 0.431. The third-order valence-electron chi connectivity index (χ3n) is 4.31. The predicted molar refractivity (Wildman–Crippen MR) is 73.0 cm³/mol. The number of piperidine rings is 1. The van der Waals surface area contributed by atoms with Gasteiger partial charge in [0.25, 0.3) is 10.2 Å². The molecule has 7 heteroatoms. The van der Waals surface area contributed by atoms with Crippen molar-refractivity contribution in [3.05, 3.63) is 0 Å². The van der Waals surface area contributed by atoms with E-state index in [-0.39, 0.29) is 24.5 Å². The van der Waals surface area contributed by atoms with Gasteiger partial charge in [-0.05, 0) is 32.1 Å². The Hall–Kier alpha value is 0.120. The molecule has 5 nitrogen and oxygen atoms in total. The van der Waals surface area contributed by atoms with Crippen molar-refractivity contribution in [1.29, 1.82) is 0 Å². The van der Waals surface area contributed by atoms with Gasteiger partial charge in [0.2, 0.25) is 0 Å². The molecule has 3 fully saturated rings. The van der Waals surface area contributed by atoms with Gasteiger partial charge in [-0.25, -0.2) is 0 Å². The molecule has 106 valence electrons. The van der Waals surface area contributed by atoms with Crippen molar-refractivity contribution < 1.29 is 8.42 Å². The maximum Gasteiger partial charge on any atom is 0.282 e. The lowest BCUT2D eigenvalue weighted by Gasteiger charge is -2.36. The van der Waals surface area contributed by atoms with E-state index in [0.717, 1.165) is 25.9 Å². The van der Waals surface area contributed by atoms with Crippen LogP contribution in [0, 0.1) is 5.92 Å². The molecule has 3 aliphatic rings. The molecule has 0 radical (unpaired) electrons. The summed E-state index contributed by atoms with van der Waals surface area (Å²) in [6.45, 7) is 4.78. The molecule has 3 unspecified atom stereocenters. The van der Waals surface area contributed by atoms with Crippen LogP contribution >= 0.6 is 12.4 Å². The Morgan fingerprint density at radius 1 is 1.22 bits per heavy atom. The van der Waals surface area contributed by atoms with Crippen LogP contribution in [0.1, 0.15) is 26.2 Å². The molecule has 0 spiro atoms. The fourth-order valence-electron chi connectivity index (χ4n) is 3.42. The summed E-state index contributed by atoms with van der Waals surface area (Å²) in [5.41, 5.74) is 0. The zero-order valence-corrected chi connectivity index (χ0v) is 12.3. The Balaban J connectivity index is 0.00000120. The van der Waals surface area contributed by atoms with Crippen LogP contribution in [-0.2, 0) is 10.2 Å². The first-order valence-corrected chi connectivity index (χ1v) is 7.97. The van der Waals surface area contributed by atoms with Gasteiger partial charge in [-0.2, -0.15) is 17.0 Å². The molecular formula is C11H22ClN3O2S. The Morgan fingerprint density at radius 2 is 2.00 bits per heavy atom. The van der Waals surface area contributed by atoms with Gasteiger partial charge in [0.1, 0.15) is 0 Å². The molecule has 1 aliphatic carbocycles. The average Bonchev–Trinajstić information content (AvgIpc) is 2.91. The highest BCUT2D eigenvalue weighted by Gasteiger charge is 2.46. The topological polar surface area (TPSA) is 52.7 Å². The molecule has 1 N–H and O–H groups in total. The Morgan fingerprint density at radius 3 is 2.56 bits per heavy atom. The molecule has 0 amide bonds. The number of fused-ring (bicyclic) bond motifs is 2. The monoisotopic (exact) mass is 295 g/mol. The summed E-state index contributed by atoms with van der Waals surface area (Å²) in [5.74, 6) is 0.620. The summed E-state index contributed by atoms with van der Waals surface area (Å²) in [7, 11) is -3.20. The van der Waals surface area contributed by atoms with Crippen LogP contribution in [0.5, 0.6) is 0 Å². The Kier molecular flexibility index (Phi) is 4.23. The fraction of sp³-hybridized carbons (Fsp3) is 1.00. The minimum atomic E-state index is -3.20. The van der Waals surface area contributed by atoms with Crippen LogP contribution in [0.2, 0.25) is 0 Å². The molecule has 3 atom stereocenters. The van der Waals surface area contributed by atoms with Crippen molar-refractivity contribution in [1.82, 2.24) is 13.9 Å². The molecule has 1 saturated carbocycles. The fourth-order valence-corrected chi connectivity index (χ4v) is 5.41. The lowest BCUT2D eigenvalue weighted by molar-refractivity contribution is 0.260. The average molecular weight is 296 g/mol. The van der Waals surface area contributed by atoms with Gasteiger partial charge in [0.15, 0.2) is 0 Å². The number of hydrogen-bond donors (Lipinski definition) is 1. The molecule has 18 heavy (non-hydrogen) atoms. The first-order chi connectivity index (χ1) is 8.07. The lowest BCUT2D eigenvalue weighted by Crippen LogP contribution is -2.56. The summed E-state index contributed by atoms with van der Waals surface area (Å²) in [4.78, 5) is 0. The quantitative estimate of drug-likeness (QED) is 0.804. The van der Waals surface area contributed by atoms with E-state index < -0.39 is 10.2 Å². The number of halogens is 1. The Labute approximate surface area is 115 Å². The normalized spacial score (nSPS) is 37.7. The molecule has 2 aliphatic heterocycles. The zero-order valence-electron chi connectivity index (χ0n) is 10.7. The Bertz CT molecular complexity index is 403. The lowest BCUT2D eigenvalue weighted by atomic mass is 10.1. The van der Waals surface area contributed by atoms with E-state index in [0.29, 0.717) is 19.0 Å². The second-order valence-electron chi connectivity index (χ2n) is 5.62. The van der Waals surface area contributed by atoms with Crippen molar-refractivity contribution in [2.24, 2.45) is 5.92 Å². The van der Waals surface area contributed by atoms with Gasteiger partial charge in [-0.1, -0.05) is 0 Å². The summed E-state index contributed by atoms with van der Waals surface area (Å²) in [5, 5.41) is 3.28. The van der Waals surface area contributed by atoms with Gasteiger partial charge >= 0.3 is 0 Å². The van der Waals surface area contributed by atoms with E-state index in [1.54, 1.807) is 8.61 Å². The maximum absolute atomic E-state index is 12.5. The van der Waals surface area contributed by atoms with E-state index in [9.17, 15) is 8.42 Å². The van der Waals surface area contributed by atoms with Gasteiger partial charge in [-0.3, -0.25) is 0 Å². The van der Waals surface area contributed by atoms with Gasteiger partial charge in [-0.15, -0.1) is 12.4 Å². The van der Waals surface area contributed by atoms with E-state index in [1.807, 2.05) is 6.92 Å². The van der Waals surface area contributed by atoms with Crippen LogP contribution in [0.4, 0.5) is 0 Å². The van der Waals surface area contributed by atoms with Crippen molar-refractivity contribution in [3.63, 3.8) is 0 Å². The number of piperazine rings is 1. The van der Waals surface area contributed by atoms with E-state index >= 15 is 0 Å². The molecule has 3 rings (SSSR count). The van der Waals surface area contributed by atoms with Crippen LogP contribution in [0.15, 0.2) is 0 Å². The van der Waals surface area contributed by atoms with E-state index in [2.05, 4.69) is 5.32 Å². The minimum Gasteiger partial charge on any atom is -0.312 e. The molecule has 0 aromatic heterocycles. The minimum absolute atomic E-state index is 0. The van der Waals surface area contributed by atoms with Gasteiger partial charge in [0, 0.05) is 38.3 Å². The third kappa shape index (κ3) is 2.41. The van der Waals surface area contributed by atoms with E-state index in [1.165, 1.54) is 6.42 Å². The van der Waals surface area contributed by atoms with Crippen molar-refractivity contribution in [2.45, 2.75) is 38.3 Å². The van der Waals surface area contributed by atoms with Gasteiger partial charge in [0.05, 0.1) is 0 Å². The third-order valence-corrected chi connectivity index (χ3v) is 6.34. The molecule has 0 aromatic rings. The largest absolute Gasteiger partial charge is 0.312 e. The number of nitrogens with zero attached hydrogens (tertiary/aromatic N) is 2. The van der Waals surface area contributed by atoms with Crippen LogP contribution in [-0.4, -0.2) is 55.3 Å². The molecular weight excluding hydrogens is 274 g/mol. The zero-order chi connectivity index (χ0) is 12.0. The summed E-state index contributed by atoms with van der Waals surface area (Å²) in [6, 6.07) is 0.550. The number of nitrogens with one attached hydrogen (secondary N) is 1. The smallest absolute Gasteiger partial charge is 0.282 e. The van der Waals surface area contributed by atoms with Gasteiger partial charge < -0.3 is 5.32 Å². The summed E-state index contributed by atoms with van der Waals surface area (Å²) in [6.07, 6.45) is 3.36. The maximum atomic E-state index is 12.5. The first kappa shape index (κ1) is 14.5. The van der Waals surface area contributed by atoms with Crippen molar-refractivity contribution in [2.75, 3.05) is 26.2 Å². The summed E-state index contributed by atoms with van der Waals surface area (Å²) < 4.78 is 28.5. The second kappa shape index (κ2) is 5.25. The first-order valence-electron chi connectivity index (χ1n) is 6.57. The number of rotatable bonds is 2. The SMILES string of the molecule is CC1CN(S(=O)(=O)N2CC3CCC2C3)CCN1.Cl. The highest BCUT2D eigenvalue weighted by Crippen LogP contribution is 2.39. The highest BCUT2D eigenvalue weighted by molar-refractivity contribution is 7.86. The molecule has 2 bridgehead atoms. The van der Waals surface area contributed by atoms with Crippen LogP contribution in [0.3, 0.4) is 0 Å². The van der Waals surface area contributed by atoms with Crippen LogP contribution in [0.25, 0.3) is 0 Å². The van der Waals surface area contributed by atoms with E-state index in [4.69, 9.17) is 0 Å². The highest BCUT2D eigenvalue weighted by atomic mass is 35.5. The second-order valence-corrected chi connectivity index (χ2v) is 7.50. The van der Waals surface area contributed by atoms with Crippen molar-refractivity contribution >= 4 is 22.6 Å². The standard InChI is InChI=1S/C11H21N3O2S.ClH/c1-9-7-13(5-4-12-9)17(15,16)14-8-10-2-3-11(14)6-10;/h9-12H,2-8H2,1H3;1H. The molecule has 0 aromatic carbocycles. The van der Waals surface area contributed by atoms with Crippen LogP contribution < -0.4 is 5.32 Å². The van der Waals surface area contributed by atoms with Crippen molar-refractivity contribution in [3.8, 4) is 0 Å². The summed E-state index contributed by atoms with van der Waals surface area (Å²) >= 11 is 0. The molecule has 2 heterocycles. The molecule has 2 saturated heterocycles. The number of hydrogen-bond acceptors (Lipinski definition) is 3.